The van der Waals surface area contributed by atoms with Gasteiger partial charge < -0.3 is 9.47 Å². The molecule has 0 aromatic carbocycles. The van der Waals surface area contributed by atoms with Gasteiger partial charge in [-0.1, -0.05) is 0 Å². The number of aromatic nitrogens is 2. The molecule has 6 nitrogen and oxygen atoms in total. The molecule has 18 heavy (non-hydrogen) atoms. The number of rotatable bonds is 7. The fourth-order valence-corrected chi connectivity index (χ4v) is 1.57. The van der Waals surface area contributed by atoms with Crippen LogP contribution in [0.1, 0.15) is 38.4 Å². The van der Waals surface area contributed by atoms with Crippen molar-refractivity contribution < 1.29 is 9.47 Å². The van der Waals surface area contributed by atoms with Crippen LogP contribution < -0.4 is 16.0 Å². The molecule has 1 aromatic heterocycles. The standard InChI is InChI=1S/C12H22N4O2/c1-12(2,18-4)6-5-9(16-13)10-7-11(17-3)15-8-14-10/h7-9,16H,5-6,13H2,1-4H3. The third-order valence-electron chi connectivity index (χ3n) is 3.02. The van der Waals surface area contributed by atoms with Crippen LogP contribution in [0, 0.1) is 0 Å². The Morgan fingerprint density at radius 2 is 2.11 bits per heavy atom. The van der Waals surface area contributed by atoms with Crippen LogP contribution in [0.25, 0.3) is 0 Å². The van der Waals surface area contributed by atoms with Crippen LogP contribution in [-0.2, 0) is 4.74 Å². The first kappa shape index (κ1) is 14.8. The van der Waals surface area contributed by atoms with Crippen molar-refractivity contribution in [2.24, 2.45) is 5.84 Å². The lowest BCUT2D eigenvalue weighted by atomic mass is 9.97. The normalized spacial score (nSPS) is 13.4. The first-order chi connectivity index (χ1) is 8.52. The molecule has 0 aliphatic rings. The lowest BCUT2D eigenvalue weighted by Crippen LogP contribution is -2.31. The average Bonchev–Trinajstić information content (AvgIpc) is 2.39. The minimum Gasteiger partial charge on any atom is -0.481 e. The van der Waals surface area contributed by atoms with E-state index < -0.39 is 0 Å². The Bertz CT molecular complexity index is 371. The second-order valence-electron chi connectivity index (χ2n) is 4.71. The number of methoxy groups -OCH3 is 2. The molecule has 1 heterocycles. The number of hydrogen-bond acceptors (Lipinski definition) is 6. The Labute approximate surface area is 108 Å². The van der Waals surface area contributed by atoms with Crippen LogP contribution in [0.4, 0.5) is 0 Å². The Balaban J connectivity index is 2.70. The van der Waals surface area contributed by atoms with Gasteiger partial charge in [0.25, 0.3) is 0 Å². The molecular formula is C12H22N4O2. The van der Waals surface area contributed by atoms with Gasteiger partial charge >= 0.3 is 0 Å². The third kappa shape index (κ3) is 4.21. The quantitative estimate of drug-likeness (QED) is 0.562. The molecule has 1 aromatic rings. The molecule has 0 saturated carbocycles. The van der Waals surface area contributed by atoms with Gasteiger partial charge in [-0.05, 0) is 26.7 Å². The first-order valence-electron chi connectivity index (χ1n) is 5.89. The number of nitrogens with two attached hydrogens (primary N) is 1. The molecule has 3 N–H and O–H groups in total. The molecule has 102 valence electrons. The number of hydrogen-bond donors (Lipinski definition) is 2. The van der Waals surface area contributed by atoms with Gasteiger partial charge in [-0.15, -0.1) is 0 Å². The number of nitrogens with zero attached hydrogens (tertiary/aromatic N) is 2. The Hall–Kier alpha value is -1.24. The minimum atomic E-state index is -0.174. The maximum Gasteiger partial charge on any atom is 0.216 e. The van der Waals surface area contributed by atoms with Crippen molar-refractivity contribution in [2.75, 3.05) is 14.2 Å². The second-order valence-corrected chi connectivity index (χ2v) is 4.71. The van der Waals surface area contributed by atoms with Gasteiger partial charge in [-0.25, -0.2) is 9.97 Å². The zero-order valence-electron chi connectivity index (χ0n) is 11.4. The van der Waals surface area contributed by atoms with Crippen LogP contribution in [0.2, 0.25) is 0 Å². The summed E-state index contributed by atoms with van der Waals surface area (Å²) in [6.45, 7) is 4.09. The zero-order valence-corrected chi connectivity index (χ0v) is 11.4. The molecule has 0 radical (unpaired) electrons. The van der Waals surface area contributed by atoms with Gasteiger partial charge in [-0.2, -0.15) is 0 Å². The molecular weight excluding hydrogens is 232 g/mol. The van der Waals surface area contributed by atoms with E-state index in [0.29, 0.717) is 5.88 Å². The number of ether oxygens (including phenoxy) is 2. The molecule has 6 heteroatoms. The molecule has 0 amide bonds. The molecule has 0 aliphatic heterocycles. The second kappa shape index (κ2) is 6.63. The van der Waals surface area contributed by atoms with Crippen LogP contribution in [0.15, 0.2) is 12.4 Å². The summed E-state index contributed by atoms with van der Waals surface area (Å²) in [6.07, 6.45) is 3.15. The average molecular weight is 254 g/mol. The summed E-state index contributed by atoms with van der Waals surface area (Å²) >= 11 is 0. The summed E-state index contributed by atoms with van der Waals surface area (Å²) in [6, 6.07) is 1.74. The summed E-state index contributed by atoms with van der Waals surface area (Å²) in [5.74, 6) is 6.11. The van der Waals surface area contributed by atoms with E-state index in [1.54, 1.807) is 20.3 Å². The topological polar surface area (TPSA) is 82.3 Å². The van der Waals surface area contributed by atoms with Crippen molar-refractivity contribution in [2.45, 2.75) is 38.3 Å². The van der Waals surface area contributed by atoms with E-state index >= 15 is 0 Å². The molecule has 0 saturated heterocycles. The summed E-state index contributed by atoms with van der Waals surface area (Å²) in [7, 11) is 3.28. The van der Waals surface area contributed by atoms with Crippen LogP contribution in [0.5, 0.6) is 5.88 Å². The molecule has 0 fully saturated rings. The highest BCUT2D eigenvalue weighted by atomic mass is 16.5. The predicted octanol–water partition coefficient (Wildman–Crippen LogP) is 1.19. The largest absolute Gasteiger partial charge is 0.481 e. The maximum atomic E-state index is 5.58. The summed E-state index contributed by atoms with van der Waals surface area (Å²) in [4.78, 5) is 8.18. The van der Waals surface area contributed by atoms with E-state index in [1.165, 1.54) is 6.33 Å². The molecule has 0 spiro atoms. The molecule has 0 aliphatic carbocycles. The van der Waals surface area contributed by atoms with Crippen molar-refractivity contribution in [1.29, 1.82) is 0 Å². The van der Waals surface area contributed by atoms with Gasteiger partial charge in [0.1, 0.15) is 6.33 Å². The summed E-state index contributed by atoms with van der Waals surface area (Å²) < 4.78 is 10.5. The Morgan fingerprint density at radius 1 is 1.39 bits per heavy atom. The third-order valence-corrected chi connectivity index (χ3v) is 3.02. The number of nitrogens with one attached hydrogen (secondary N) is 1. The molecule has 1 unspecified atom stereocenters. The van der Waals surface area contributed by atoms with Gasteiger partial charge in [-0.3, -0.25) is 11.3 Å². The van der Waals surface area contributed by atoms with E-state index in [4.69, 9.17) is 15.3 Å². The van der Waals surface area contributed by atoms with E-state index in [2.05, 4.69) is 15.4 Å². The van der Waals surface area contributed by atoms with E-state index in [-0.39, 0.29) is 11.6 Å². The zero-order chi connectivity index (χ0) is 13.6. The van der Waals surface area contributed by atoms with Crippen LogP contribution in [0.3, 0.4) is 0 Å². The van der Waals surface area contributed by atoms with Gasteiger partial charge in [0.05, 0.1) is 24.4 Å². The molecule has 1 rings (SSSR count). The summed E-state index contributed by atoms with van der Waals surface area (Å²) in [5, 5.41) is 0. The monoisotopic (exact) mass is 254 g/mol. The molecule has 0 bridgehead atoms. The van der Waals surface area contributed by atoms with Gasteiger partial charge in [0, 0.05) is 13.2 Å². The van der Waals surface area contributed by atoms with E-state index in [9.17, 15) is 0 Å². The van der Waals surface area contributed by atoms with Crippen LogP contribution in [-0.4, -0.2) is 29.8 Å². The van der Waals surface area contributed by atoms with Crippen molar-refractivity contribution in [1.82, 2.24) is 15.4 Å². The summed E-state index contributed by atoms with van der Waals surface area (Å²) in [5.41, 5.74) is 3.41. The lowest BCUT2D eigenvalue weighted by molar-refractivity contribution is 0.0116. The highest BCUT2D eigenvalue weighted by Gasteiger charge is 2.20. The van der Waals surface area contributed by atoms with E-state index in [1.807, 2.05) is 13.8 Å². The highest BCUT2D eigenvalue weighted by molar-refractivity contribution is 5.16. The first-order valence-corrected chi connectivity index (χ1v) is 5.89. The maximum absolute atomic E-state index is 5.58. The smallest absolute Gasteiger partial charge is 0.216 e. The Morgan fingerprint density at radius 3 is 2.67 bits per heavy atom. The van der Waals surface area contributed by atoms with Gasteiger partial charge in [0.2, 0.25) is 5.88 Å². The number of hydrazine groups is 1. The highest BCUT2D eigenvalue weighted by Crippen LogP contribution is 2.23. The van der Waals surface area contributed by atoms with Crippen LogP contribution >= 0.6 is 0 Å². The fourth-order valence-electron chi connectivity index (χ4n) is 1.57. The Kier molecular flexibility index (Phi) is 5.46. The van der Waals surface area contributed by atoms with Gasteiger partial charge in [0.15, 0.2) is 0 Å². The van der Waals surface area contributed by atoms with Crippen molar-refractivity contribution in [3.8, 4) is 5.88 Å². The SMILES string of the molecule is COc1cc(C(CCC(C)(C)OC)NN)ncn1. The lowest BCUT2D eigenvalue weighted by Gasteiger charge is -2.25. The van der Waals surface area contributed by atoms with E-state index in [0.717, 1.165) is 18.5 Å². The predicted molar refractivity (Wildman–Crippen MR) is 69.0 cm³/mol. The minimum absolute atomic E-state index is 0.0451. The van der Waals surface area contributed by atoms with Crippen molar-refractivity contribution >= 4 is 0 Å². The van der Waals surface area contributed by atoms with Crippen molar-refractivity contribution in [3.63, 3.8) is 0 Å². The van der Waals surface area contributed by atoms with Crippen molar-refractivity contribution in [3.05, 3.63) is 18.1 Å². The fraction of sp³-hybridized carbons (Fsp3) is 0.667. The molecule has 1 atom stereocenters.